The summed E-state index contributed by atoms with van der Waals surface area (Å²) in [4.78, 5) is 19.0. The zero-order valence-electron chi connectivity index (χ0n) is 18.1. The Labute approximate surface area is 196 Å². The van der Waals surface area contributed by atoms with Gasteiger partial charge in [0, 0.05) is 25.7 Å². The van der Waals surface area contributed by atoms with Crippen molar-refractivity contribution in [3.63, 3.8) is 0 Å². The number of aromatic nitrogens is 1. The molecule has 0 radical (unpaired) electrons. The van der Waals surface area contributed by atoms with Crippen molar-refractivity contribution in [1.29, 1.82) is 0 Å². The SMILES string of the molecule is O=C(NC1CCN(Cc2ccc(Oc3nc4ccccc4s3)cc2)CC1)Oc1ccccc1. The first-order chi connectivity index (χ1) is 16.2. The molecule has 1 N–H and O–H groups in total. The number of likely N-dealkylation sites (tertiary alicyclic amines) is 1. The van der Waals surface area contributed by atoms with Gasteiger partial charge in [0.15, 0.2) is 0 Å². The van der Waals surface area contributed by atoms with E-state index in [9.17, 15) is 4.79 Å². The molecule has 0 bridgehead atoms. The van der Waals surface area contributed by atoms with Crippen molar-refractivity contribution in [2.75, 3.05) is 13.1 Å². The van der Waals surface area contributed by atoms with E-state index in [2.05, 4.69) is 27.3 Å². The lowest BCUT2D eigenvalue weighted by Gasteiger charge is -2.32. The Morgan fingerprint density at radius 2 is 1.67 bits per heavy atom. The summed E-state index contributed by atoms with van der Waals surface area (Å²) in [5, 5.41) is 3.64. The van der Waals surface area contributed by atoms with Crippen LogP contribution in [-0.2, 0) is 6.54 Å². The molecule has 1 aliphatic rings. The lowest BCUT2D eigenvalue weighted by Crippen LogP contribution is -2.45. The van der Waals surface area contributed by atoms with Gasteiger partial charge < -0.3 is 14.8 Å². The number of rotatable bonds is 6. The molecule has 1 saturated heterocycles. The molecule has 1 fully saturated rings. The van der Waals surface area contributed by atoms with Crippen LogP contribution in [0.2, 0.25) is 0 Å². The molecule has 1 aromatic heterocycles. The first-order valence-electron chi connectivity index (χ1n) is 11.1. The molecule has 0 atom stereocenters. The van der Waals surface area contributed by atoms with Gasteiger partial charge in [-0.2, -0.15) is 0 Å². The Hall–Kier alpha value is -3.42. The Morgan fingerprint density at radius 1 is 0.939 bits per heavy atom. The van der Waals surface area contributed by atoms with E-state index in [0.29, 0.717) is 10.9 Å². The number of thiazole rings is 1. The van der Waals surface area contributed by atoms with Gasteiger partial charge in [-0.1, -0.05) is 53.8 Å². The molecule has 6 nitrogen and oxygen atoms in total. The largest absolute Gasteiger partial charge is 0.431 e. The second-order valence-electron chi connectivity index (χ2n) is 8.09. The van der Waals surface area contributed by atoms with Crippen molar-refractivity contribution < 1.29 is 14.3 Å². The van der Waals surface area contributed by atoms with Crippen LogP contribution in [0.25, 0.3) is 10.2 Å². The lowest BCUT2D eigenvalue weighted by molar-refractivity contribution is 0.169. The van der Waals surface area contributed by atoms with E-state index in [1.807, 2.05) is 54.6 Å². The molecule has 5 rings (SSSR count). The van der Waals surface area contributed by atoms with E-state index in [1.165, 1.54) is 5.56 Å². The summed E-state index contributed by atoms with van der Waals surface area (Å²) in [6.07, 6.45) is 1.43. The summed E-state index contributed by atoms with van der Waals surface area (Å²) in [6, 6.07) is 25.5. The van der Waals surface area contributed by atoms with Crippen molar-refractivity contribution in [3.8, 4) is 16.7 Å². The Balaban J connectivity index is 1.08. The third kappa shape index (κ3) is 5.69. The van der Waals surface area contributed by atoms with Crippen LogP contribution in [0.3, 0.4) is 0 Å². The molecule has 0 unspecified atom stereocenters. The van der Waals surface area contributed by atoms with E-state index in [0.717, 1.165) is 48.4 Å². The maximum Gasteiger partial charge on any atom is 0.412 e. The number of nitrogens with one attached hydrogen (secondary N) is 1. The van der Waals surface area contributed by atoms with Crippen LogP contribution < -0.4 is 14.8 Å². The number of piperidine rings is 1. The van der Waals surface area contributed by atoms with Crippen LogP contribution in [0.1, 0.15) is 18.4 Å². The number of nitrogens with zero attached hydrogens (tertiary/aromatic N) is 2. The Kier molecular flexibility index (Phi) is 6.51. The number of carbonyl (C=O) groups excluding carboxylic acids is 1. The zero-order chi connectivity index (χ0) is 22.5. The third-order valence-electron chi connectivity index (χ3n) is 5.67. The molecule has 0 spiro atoms. The Morgan fingerprint density at radius 3 is 2.42 bits per heavy atom. The third-order valence-corrected chi connectivity index (χ3v) is 6.59. The molecule has 33 heavy (non-hydrogen) atoms. The molecule has 0 saturated carbocycles. The van der Waals surface area contributed by atoms with Crippen molar-refractivity contribution in [2.24, 2.45) is 0 Å². The van der Waals surface area contributed by atoms with Crippen molar-refractivity contribution in [3.05, 3.63) is 84.4 Å². The summed E-state index contributed by atoms with van der Waals surface area (Å²) < 4.78 is 12.4. The summed E-state index contributed by atoms with van der Waals surface area (Å²) in [5.41, 5.74) is 2.20. The van der Waals surface area contributed by atoms with Crippen molar-refractivity contribution >= 4 is 27.6 Å². The van der Waals surface area contributed by atoms with Gasteiger partial charge in [0.1, 0.15) is 11.5 Å². The number of para-hydroxylation sites is 2. The van der Waals surface area contributed by atoms with Crippen LogP contribution in [-0.4, -0.2) is 35.1 Å². The second-order valence-corrected chi connectivity index (χ2v) is 9.08. The number of amides is 1. The van der Waals surface area contributed by atoms with Crippen LogP contribution in [0.5, 0.6) is 16.7 Å². The Bertz CT molecular complexity index is 1170. The maximum atomic E-state index is 12.1. The average Bonchev–Trinajstić information content (AvgIpc) is 3.24. The molecular weight excluding hydrogens is 434 g/mol. The number of hydrogen-bond donors (Lipinski definition) is 1. The highest BCUT2D eigenvalue weighted by atomic mass is 32.1. The normalized spacial score (nSPS) is 14.8. The first kappa shape index (κ1) is 21.4. The number of ether oxygens (including phenoxy) is 2. The number of benzene rings is 3. The second kappa shape index (κ2) is 10.0. The van der Waals surface area contributed by atoms with E-state index in [-0.39, 0.29) is 12.1 Å². The van der Waals surface area contributed by atoms with Crippen molar-refractivity contribution in [2.45, 2.75) is 25.4 Å². The van der Waals surface area contributed by atoms with E-state index in [4.69, 9.17) is 9.47 Å². The van der Waals surface area contributed by atoms with Crippen molar-refractivity contribution in [1.82, 2.24) is 15.2 Å². The smallest absolute Gasteiger partial charge is 0.412 e. The van der Waals surface area contributed by atoms with Gasteiger partial charge in [-0.3, -0.25) is 4.90 Å². The topological polar surface area (TPSA) is 63.7 Å². The van der Waals surface area contributed by atoms with Gasteiger partial charge in [-0.05, 0) is 54.8 Å². The highest BCUT2D eigenvalue weighted by Gasteiger charge is 2.21. The fourth-order valence-corrected chi connectivity index (χ4v) is 4.78. The quantitative estimate of drug-likeness (QED) is 0.392. The molecule has 4 aromatic rings. The van der Waals surface area contributed by atoms with Crippen LogP contribution >= 0.6 is 11.3 Å². The first-order valence-corrected chi connectivity index (χ1v) is 11.9. The molecule has 3 aromatic carbocycles. The van der Waals surface area contributed by atoms with Gasteiger partial charge in [0.2, 0.25) is 0 Å². The number of carbonyl (C=O) groups is 1. The predicted octanol–water partition coefficient (Wildman–Crippen LogP) is 5.84. The molecule has 0 aliphatic carbocycles. The number of fused-ring (bicyclic) bond motifs is 1. The lowest BCUT2D eigenvalue weighted by atomic mass is 10.0. The zero-order valence-corrected chi connectivity index (χ0v) is 19.0. The minimum Gasteiger partial charge on any atom is -0.431 e. The van der Waals surface area contributed by atoms with Gasteiger partial charge in [0.25, 0.3) is 5.19 Å². The summed E-state index contributed by atoms with van der Waals surface area (Å²) in [6.45, 7) is 2.74. The molecule has 168 valence electrons. The summed E-state index contributed by atoms with van der Waals surface area (Å²) in [7, 11) is 0. The van der Waals surface area contributed by atoms with Crippen LogP contribution in [0, 0.1) is 0 Å². The van der Waals surface area contributed by atoms with Gasteiger partial charge in [0.05, 0.1) is 10.2 Å². The number of hydrogen-bond acceptors (Lipinski definition) is 6. The average molecular weight is 460 g/mol. The molecule has 1 aliphatic heterocycles. The van der Waals surface area contributed by atoms with Gasteiger partial charge >= 0.3 is 6.09 Å². The minimum absolute atomic E-state index is 0.141. The highest BCUT2D eigenvalue weighted by Crippen LogP contribution is 2.31. The van der Waals surface area contributed by atoms with Gasteiger partial charge in [-0.15, -0.1) is 0 Å². The molecule has 1 amide bonds. The van der Waals surface area contributed by atoms with Gasteiger partial charge in [-0.25, -0.2) is 9.78 Å². The fourth-order valence-electron chi connectivity index (χ4n) is 3.94. The van der Waals surface area contributed by atoms with E-state index < -0.39 is 0 Å². The predicted molar refractivity (Wildman–Crippen MR) is 130 cm³/mol. The van der Waals surface area contributed by atoms with Crippen LogP contribution in [0.4, 0.5) is 4.79 Å². The minimum atomic E-state index is -0.386. The summed E-state index contributed by atoms with van der Waals surface area (Å²) in [5.74, 6) is 1.35. The van der Waals surface area contributed by atoms with Crippen LogP contribution in [0.15, 0.2) is 78.9 Å². The molecular formula is C26H25N3O3S. The van der Waals surface area contributed by atoms with E-state index >= 15 is 0 Å². The standard InChI is InChI=1S/C26H25N3O3S/c30-25(31-21-6-2-1-3-7-21)27-20-14-16-29(17-15-20)18-19-10-12-22(13-11-19)32-26-28-23-8-4-5-9-24(23)33-26/h1-13,20H,14-18H2,(H,27,30). The fraction of sp³-hybridized carbons (Fsp3) is 0.231. The molecule has 7 heteroatoms. The monoisotopic (exact) mass is 459 g/mol. The van der Waals surface area contributed by atoms with E-state index in [1.54, 1.807) is 23.5 Å². The highest BCUT2D eigenvalue weighted by molar-refractivity contribution is 7.20. The maximum absolute atomic E-state index is 12.1. The molecule has 2 heterocycles. The summed E-state index contributed by atoms with van der Waals surface area (Å²) >= 11 is 1.55.